The van der Waals surface area contributed by atoms with Gasteiger partial charge >= 0.3 is 0 Å². The van der Waals surface area contributed by atoms with Crippen molar-refractivity contribution >= 4 is 23.3 Å². The number of carbonyl (C=O) groups excluding carboxylic acids is 2. The number of ether oxygens (including phenoxy) is 1. The van der Waals surface area contributed by atoms with E-state index in [1.807, 2.05) is 13.8 Å². The summed E-state index contributed by atoms with van der Waals surface area (Å²) in [6.45, 7) is 4.80. The highest BCUT2D eigenvalue weighted by molar-refractivity contribution is 6.32. The van der Waals surface area contributed by atoms with Gasteiger partial charge in [-0.1, -0.05) is 25.4 Å². The second kappa shape index (κ2) is 7.24. The van der Waals surface area contributed by atoms with E-state index >= 15 is 0 Å². The highest BCUT2D eigenvalue weighted by atomic mass is 35.5. The van der Waals surface area contributed by atoms with Gasteiger partial charge in [0.25, 0.3) is 5.91 Å². The zero-order valence-electron chi connectivity index (χ0n) is 11.6. The smallest absolute Gasteiger partial charge is 0.258 e. The lowest BCUT2D eigenvalue weighted by atomic mass is 10.0. The largest absolute Gasteiger partial charge is 0.482 e. The summed E-state index contributed by atoms with van der Waals surface area (Å²) in [7, 11) is 0. The van der Waals surface area contributed by atoms with Crippen LogP contribution in [-0.4, -0.2) is 24.3 Å². The molecule has 0 bridgehead atoms. The third-order valence-corrected chi connectivity index (χ3v) is 2.97. The van der Waals surface area contributed by atoms with E-state index in [2.05, 4.69) is 5.32 Å². The molecule has 0 saturated carbocycles. The fraction of sp³-hybridized carbons (Fsp3) is 0.429. The van der Waals surface area contributed by atoms with Crippen molar-refractivity contribution in [3.05, 3.63) is 29.0 Å². The van der Waals surface area contributed by atoms with Crippen LogP contribution in [-0.2, 0) is 9.59 Å². The summed E-state index contributed by atoms with van der Waals surface area (Å²) in [6, 6.07) is 3.08. The normalized spacial score (nSPS) is 12.1. The van der Waals surface area contributed by atoms with Crippen LogP contribution >= 0.6 is 11.6 Å². The molecule has 4 nitrogen and oxygen atoms in total. The van der Waals surface area contributed by atoms with Gasteiger partial charge in [-0.3, -0.25) is 9.59 Å². The molecule has 1 aromatic carbocycles. The number of carbonyl (C=O) groups is 2. The SMILES string of the molecule is CC(=O)C(NC(=O)COc1ccc(F)cc1Cl)C(C)C. The van der Waals surface area contributed by atoms with Crippen LogP contribution in [0.15, 0.2) is 18.2 Å². The third kappa shape index (κ3) is 4.81. The van der Waals surface area contributed by atoms with Crippen molar-refractivity contribution in [2.45, 2.75) is 26.8 Å². The number of nitrogens with one attached hydrogen (secondary N) is 1. The molecular weight excluding hydrogens is 285 g/mol. The van der Waals surface area contributed by atoms with Crippen molar-refractivity contribution in [3.8, 4) is 5.75 Å². The highest BCUT2D eigenvalue weighted by Gasteiger charge is 2.20. The van der Waals surface area contributed by atoms with Gasteiger partial charge in [0.15, 0.2) is 12.4 Å². The Morgan fingerprint density at radius 2 is 2.05 bits per heavy atom. The van der Waals surface area contributed by atoms with E-state index in [0.29, 0.717) is 0 Å². The first-order chi connectivity index (χ1) is 9.31. The lowest BCUT2D eigenvalue weighted by molar-refractivity contribution is -0.129. The number of hydrogen-bond acceptors (Lipinski definition) is 3. The number of rotatable bonds is 6. The Hall–Kier alpha value is -1.62. The Labute approximate surface area is 122 Å². The molecule has 0 spiro atoms. The van der Waals surface area contributed by atoms with Gasteiger partial charge in [-0.25, -0.2) is 4.39 Å². The predicted molar refractivity (Wildman–Crippen MR) is 74.4 cm³/mol. The highest BCUT2D eigenvalue weighted by Crippen LogP contribution is 2.24. The molecule has 1 atom stereocenters. The summed E-state index contributed by atoms with van der Waals surface area (Å²) in [5.41, 5.74) is 0. The third-order valence-electron chi connectivity index (χ3n) is 2.67. The Morgan fingerprint density at radius 1 is 1.40 bits per heavy atom. The number of benzene rings is 1. The fourth-order valence-corrected chi connectivity index (χ4v) is 1.91. The molecule has 0 aliphatic carbocycles. The first-order valence-corrected chi connectivity index (χ1v) is 6.56. The number of hydrogen-bond donors (Lipinski definition) is 1. The van der Waals surface area contributed by atoms with E-state index in [1.165, 1.54) is 19.1 Å². The maximum absolute atomic E-state index is 12.8. The zero-order chi connectivity index (χ0) is 15.3. The van der Waals surface area contributed by atoms with Gasteiger partial charge in [-0.15, -0.1) is 0 Å². The second-order valence-corrected chi connectivity index (χ2v) is 5.17. The molecule has 0 aliphatic rings. The summed E-state index contributed by atoms with van der Waals surface area (Å²) in [4.78, 5) is 23.1. The van der Waals surface area contributed by atoms with E-state index in [-0.39, 0.29) is 29.1 Å². The Kier molecular flexibility index (Phi) is 5.95. The van der Waals surface area contributed by atoms with Gasteiger partial charge in [0.2, 0.25) is 0 Å². The molecule has 0 aromatic heterocycles. The molecule has 110 valence electrons. The van der Waals surface area contributed by atoms with Crippen molar-refractivity contribution in [3.63, 3.8) is 0 Å². The molecule has 1 unspecified atom stereocenters. The molecule has 1 N–H and O–H groups in total. The van der Waals surface area contributed by atoms with Crippen LogP contribution in [0.3, 0.4) is 0 Å². The Morgan fingerprint density at radius 3 is 2.55 bits per heavy atom. The number of ketones is 1. The maximum Gasteiger partial charge on any atom is 0.258 e. The van der Waals surface area contributed by atoms with Crippen molar-refractivity contribution in [2.75, 3.05) is 6.61 Å². The fourth-order valence-electron chi connectivity index (χ4n) is 1.69. The van der Waals surface area contributed by atoms with Crippen molar-refractivity contribution < 1.29 is 18.7 Å². The summed E-state index contributed by atoms with van der Waals surface area (Å²) < 4.78 is 18.0. The first-order valence-electron chi connectivity index (χ1n) is 6.19. The van der Waals surface area contributed by atoms with Crippen LogP contribution in [0.4, 0.5) is 4.39 Å². The second-order valence-electron chi connectivity index (χ2n) is 4.76. The van der Waals surface area contributed by atoms with Gasteiger partial charge in [0.1, 0.15) is 11.6 Å². The lowest BCUT2D eigenvalue weighted by Gasteiger charge is -2.19. The minimum absolute atomic E-state index is 0.00846. The molecule has 1 aromatic rings. The monoisotopic (exact) mass is 301 g/mol. The average Bonchev–Trinajstić information content (AvgIpc) is 2.34. The Balaban J connectivity index is 2.57. The van der Waals surface area contributed by atoms with E-state index in [4.69, 9.17) is 16.3 Å². The Bertz CT molecular complexity index is 505. The van der Waals surface area contributed by atoms with Crippen LogP contribution in [0.5, 0.6) is 5.75 Å². The van der Waals surface area contributed by atoms with Crippen LogP contribution in [0.25, 0.3) is 0 Å². The molecule has 0 fully saturated rings. The number of Topliss-reactive ketones (excluding diaryl/α,β-unsaturated/α-hetero) is 1. The number of amides is 1. The molecule has 0 heterocycles. The average molecular weight is 302 g/mol. The van der Waals surface area contributed by atoms with Crippen LogP contribution in [0.2, 0.25) is 5.02 Å². The number of halogens is 2. The quantitative estimate of drug-likeness (QED) is 0.878. The van der Waals surface area contributed by atoms with Crippen LogP contribution in [0, 0.1) is 11.7 Å². The molecule has 6 heteroatoms. The molecule has 1 amide bonds. The first kappa shape index (κ1) is 16.4. The van der Waals surface area contributed by atoms with Gasteiger partial charge in [-0.2, -0.15) is 0 Å². The van der Waals surface area contributed by atoms with E-state index in [9.17, 15) is 14.0 Å². The van der Waals surface area contributed by atoms with Crippen molar-refractivity contribution in [1.29, 1.82) is 0 Å². The van der Waals surface area contributed by atoms with E-state index in [0.717, 1.165) is 6.07 Å². The standard InChI is InChI=1S/C14H17ClFNO3/c1-8(2)14(9(3)18)17-13(19)7-20-12-5-4-10(16)6-11(12)15/h4-6,8,14H,7H2,1-3H3,(H,17,19). The van der Waals surface area contributed by atoms with Gasteiger partial charge in [0.05, 0.1) is 11.1 Å². The van der Waals surface area contributed by atoms with E-state index in [1.54, 1.807) is 0 Å². The molecule has 0 aliphatic heterocycles. The topological polar surface area (TPSA) is 55.4 Å². The molecule has 1 rings (SSSR count). The molecule has 20 heavy (non-hydrogen) atoms. The van der Waals surface area contributed by atoms with Gasteiger partial charge in [0, 0.05) is 0 Å². The zero-order valence-corrected chi connectivity index (χ0v) is 12.3. The summed E-state index contributed by atoms with van der Waals surface area (Å²) >= 11 is 5.77. The van der Waals surface area contributed by atoms with Gasteiger partial charge in [-0.05, 0) is 31.0 Å². The predicted octanol–water partition coefficient (Wildman–Crippen LogP) is 2.59. The molecule has 0 radical (unpaired) electrons. The minimum Gasteiger partial charge on any atom is -0.482 e. The van der Waals surface area contributed by atoms with Crippen molar-refractivity contribution in [1.82, 2.24) is 5.32 Å². The minimum atomic E-state index is -0.546. The maximum atomic E-state index is 12.8. The lowest BCUT2D eigenvalue weighted by Crippen LogP contribution is -2.45. The van der Waals surface area contributed by atoms with Crippen LogP contribution < -0.4 is 10.1 Å². The van der Waals surface area contributed by atoms with Gasteiger partial charge < -0.3 is 10.1 Å². The van der Waals surface area contributed by atoms with E-state index < -0.39 is 17.8 Å². The van der Waals surface area contributed by atoms with Crippen LogP contribution in [0.1, 0.15) is 20.8 Å². The summed E-state index contributed by atoms with van der Waals surface area (Å²) in [6.07, 6.45) is 0. The molecular formula is C14H17ClFNO3. The van der Waals surface area contributed by atoms with Crippen molar-refractivity contribution in [2.24, 2.45) is 5.92 Å². The molecule has 0 saturated heterocycles. The summed E-state index contributed by atoms with van der Waals surface area (Å²) in [5.74, 6) is -0.825. The summed E-state index contributed by atoms with van der Waals surface area (Å²) in [5, 5.41) is 2.67.